The van der Waals surface area contributed by atoms with E-state index in [2.05, 4.69) is 9.98 Å². The lowest BCUT2D eigenvalue weighted by Crippen LogP contribution is -1.93. The van der Waals surface area contributed by atoms with Crippen LogP contribution in [0, 0.1) is 5.82 Å². The lowest BCUT2D eigenvalue weighted by atomic mass is 10.1. The Morgan fingerprint density at radius 1 is 1.17 bits per heavy atom. The monoisotopic (exact) mass is 260 g/mol. The first kappa shape index (κ1) is 11.4. The van der Waals surface area contributed by atoms with Gasteiger partial charge in [-0.05, 0) is 36.1 Å². The Morgan fingerprint density at radius 3 is 2.89 bits per heavy atom. The zero-order valence-electron chi connectivity index (χ0n) is 9.53. The SMILES string of the molecule is Fc1cncc(N=C2CCc3cc(Cl)ccc32)c1. The van der Waals surface area contributed by atoms with Gasteiger partial charge in [0.2, 0.25) is 0 Å². The van der Waals surface area contributed by atoms with Gasteiger partial charge in [0.25, 0.3) is 0 Å². The van der Waals surface area contributed by atoms with Gasteiger partial charge < -0.3 is 0 Å². The van der Waals surface area contributed by atoms with Gasteiger partial charge in [0.1, 0.15) is 5.82 Å². The van der Waals surface area contributed by atoms with Crippen molar-refractivity contribution in [2.45, 2.75) is 12.8 Å². The number of pyridine rings is 1. The summed E-state index contributed by atoms with van der Waals surface area (Å²) in [5.74, 6) is -0.369. The number of halogens is 2. The summed E-state index contributed by atoms with van der Waals surface area (Å²) in [6, 6.07) is 7.17. The van der Waals surface area contributed by atoms with E-state index in [9.17, 15) is 4.39 Å². The van der Waals surface area contributed by atoms with Gasteiger partial charge in [-0.3, -0.25) is 9.98 Å². The van der Waals surface area contributed by atoms with E-state index in [1.54, 1.807) is 6.20 Å². The standard InChI is InChI=1S/C14H10ClFN2/c15-10-2-3-13-9(5-10)1-4-14(13)18-12-6-11(16)7-17-8-12/h2-3,5-8H,1,4H2. The lowest BCUT2D eigenvalue weighted by Gasteiger charge is -2.01. The molecule has 0 amide bonds. The molecule has 1 aliphatic rings. The molecule has 0 atom stereocenters. The maximum absolute atomic E-state index is 13.0. The number of aromatic nitrogens is 1. The van der Waals surface area contributed by atoms with Gasteiger partial charge in [0.15, 0.2) is 0 Å². The second-order valence-electron chi connectivity index (χ2n) is 4.22. The van der Waals surface area contributed by atoms with Crippen LogP contribution in [0.3, 0.4) is 0 Å². The predicted molar refractivity (Wildman–Crippen MR) is 70.2 cm³/mol. The van der Waals surface area contributed by atoms with Crippen LogP contribution in [0.1, 0.15) is 17.5 Å². The van der Waals surface area contributed by atoms with Gasteiger partial charge in [0, 0.05) is 16.8 Å². The van der Waals surface area contributed by atoms with Crippen LogP contribution in [0.15, 0.2) is 41.7 Å². The zero-order chi connectivity index (χ0) is 12.5. The fraction of sp³-hybridized carbons (Fsp3) is 0.143. The molecular weight excluding hydrogens is 251 g/mol. The molecule has 1 heterocycles. The number of hydrogen-bond donors (Lipinski definition) is 0. The van der Waals surface area contributed by atoms with Crippen molar-refractivity contribution in [3.05, 3.63) is 58.6 Å². The summed E-state index contributed by atoms with van der Waals surface area (Å²) in [5.41, 5.74) is 3.82. The third-order valence-electron chi connectivity index (χ3n) is 2.96. The number of rotatable bonds is 1. The molecule has 1 aromatic heterocycles. The first-order valence-electron chi connectivity index (χ1n) is 5.69. The summed E-state index contributed by atoms with van der Waals surface area (Å²) < 4.78 is 13.0. The Hall–Kier alpha value is -1.74. The van der Waals surface area contributed by atoms with E-state index in [4.69, 9.17) is 11.6 Å². The maximum atomic E-state index is 13.0. The van der Waals surface area contributed by atoms with Gasteiger partial charge in [-0.2, -0.15) is 0 Å². The molecule has 90 valence electrons. The van der Waals surface area contributed by atoms with Crippen LogP contribution in [0.2, 0.25) is 5.02 Å². The molecule has 0 saturated carbocycles. The van der Waals surface area contributed by atoms with E-state index in [1.165, 1.54) is 17.8 Å². The van der Waals surface area contributed by atoms with Crippen LogP contribution in [-0.2, 0) is 6.42 Å². The highest BCUT2D eigenvalue weighted by Gasteiger charge is 2.17. The molecule has 3 rings (SSSR count). The van der Waals surface area contributed by atoms with Gasteiger partial charge in [-0.15, -0.1) is 0 Å². The fourth-order valence-electron chi connectivity index (χ4n) is 2.17. The molecule has 4 heteroatoms. The highest BCUT2D eigenvalue weighted by molar-refractivity contribution is 6.30. The van der Waals surface area contributed by atoms with Crippen LogP contribution >= 0.6 is 11.6 Å². The number of benzene rings is 1. The van der Waals surface area contributed by atoms with Crippen LogP contribution in [0.4, 0.5) is 10.1 Å². The van der Waals surface area contributed by atoms with Crippen molar-refractivity contribution in [2.24, 2.45) is 4.99 Å². The molecule has 1 aliphatic carbocycles. The number of nitrogens with zero attached hydrogens (tertiary/aromatic N) is 2. The normalized spacial score (nSPS) is 16.0. The molecule has 1 aromatic carbocycles. The number of hydrogen-bond acceptors (Lipinski definition) is 2. The summed E-state index contributed by atoms with van der Waals surface area (Å²) in [4.78, 5) is 8.25. The number of aryl methyl sites for hydroxylation is 1. The minimum absolute atomic E-state index is 0.369. The number of fused-ring (bicyclic) bond motifs is 1. The smallest absolute Gasteiger partial charge is 0.143 e. The van der Waals surface area contributed by atoms with Crippen molar-refractivity contribution in [1.29, 1.82) is 0 Å². The Bertz CT molecular complexity index is 637. The summed E-state index contributed by atoms with van der Waals surface area (Å²) in [5, 5.41) is 0.738. The first-order valence-corrected chi connectivity index (χ1v) is 6.07. The van der Waals surface area contributed by atoms with Crippen molar-refractivity contribution in [3.8, 4) is 0 Å². The van der Waals surface area contributed by atoms with E-state index in [0.717, 1.165) is 29.1 Å². The molecular formula is C14H10ClFN2. The molecule has 18 heavy (non-hydrogen) atoms. The topological polar surface area (TPSA) is 25.2 Å². The van der Waals surface area contributed by atoms with Gasteiger partial charge >= 0.3 is 0 Å². The van der Waals surface area contributed by atoms with Crippen LogP contribution < -0.4 is 0 Å². The van der Waals surface area contributed by atoms with Crippen molar-refractivity contribution >= 4 is 23.0 Å². The van der Waals surface area contributed by atoms with E-state index in [1.807, 2.05) is 18.2 Å². The summed E-state index contributed by atoms with van der Waals surface area (Å²) in [6.45, 7) is 0. The second-order valence-corrected chi connectivity index (χ2v) is 4.66. The van der Waals surface area contributed by atoms with Gasteiger partial charge in [0.05, 0.1) is 18.1 Å². The predicted octanol–water partition coefficient (Wildman–Crippen LogP) is 3.94. The van der Waals surface area contributed by atoms with E-state index in [0.29, 0.717) is 5.69 Å². The lowest BCUT2D eigenvalue weighted by molar-refractivity contribution is 0.622. The molecule has 2 aromatic rings. The maximum Gasteiger partial charge on any atom is 0.143 e. The summed E-state index contributed by atoms with van der Waals surface area (Å²) in [7, 11) is 0. The largest absolute Gasteiger partial charge is 0.259 e. The highest BCUT2D eigenvalue weighted by Crippen LogP contribution is 2.27. The molecule has 0 saturated heterocycles. The molecule has 0 unspecified atom stereocenters. The molecule has 2 nitrogen and oxygen atoms in total. The Labute approximate surface area is 109 Å². The average molecular weight is 261 g/mol. The molecule has 0 N–H and O–H groups in total. The zero-order valence-corrected chi connectivity index (χ0v) is 10.3. The molecule has 0 spiro atoms. The molecule has 0 aliphatic heterocycles. The quantitative estimate of drug-likeness (QED) is 0.762. The van der Waals surface area contributed by atoms with Gasteiger partial charge in [-0.1, -0.05) is 17.7 Å². The first-order chi connectivity index (χ1) is 8.72. The molecule has 0 bridgehead atoms. The fourth-order valence-corrected chi connectivity index (χ4v) is 2.37. The van der Waals surface area contributed by atoms with Crippen molar-refractivity contribution in [2.75, 3.05) is 0 Å². The second kappa shape index (κ2) is 4.50. The van der Waals surface area contributed by atoms with E-state index in [-0.39, 0.29) is 5.82 Å². The number of aliphatic imine (C=N–C) groups is 1. The third-order valence-corrected chi connectivity index (χ3v) is 3.20. The average Bonchev–Trinajstić information content (AvgIpc) is 2.72. The summed E-state index contributed by atoms with van der Waals surface area (Å²) in [6.07, 6.45) is 4.51. The molecule has 0 fully saturated rings. The third kappa shape index (κ3) is 2.14. The van der Waals surface area contributed by atoms with Crippen molar-refractivity contribution in [3.63, 3.8) is 0 Å². The Morgan fingerprint density at radius 2 is 2.06 bits per heavy atom. The molecule has 0 radical (unpaired) electrons. The van der Waals surface area contributed by atoms with E-state index >= 15 is 0 Å². The minimum Gasteiger partial charge on any atom is -0.259 e. The Kier molecular flexibility index (Phi) is 2.84. The van der Waals surface area contributed by atoms with Crippen LogP contribution in [0.25, 0.3) is 0 Å². The van der Waals surface area contributed by atoms with Crippen molar-refractivity contribution < 1.29 is 4.39 Å². The Balaban J connectivity index is 2.01. The van der Waals surface area contributed by atoms with Crippen molar-refractivity contribution in [1.82, 2.24) is 4.98 Å². The van der Waals surface area contributed by atoms with Crippen LogP contribution in [-0.4, -0.2) is 10.7 Å². The van der Waals surface area contributed by atoms with E-state index < -0.39 is 0 Å². The summed E-state index contributed by atoms with van der Waals surface area (Å²) >= 11 is 5.95. The highest BCUT2D eigenvalue weighted by atomic mass is 35.5. The minimum atomic E-state index is -0.369. The van der Waals surface area contributed by atoms with Gasteiger partial charge in [-0.25, -0.2) is 4.39 Å². The van der Waals surface area contributed by atoms with Crippen LogP contribution in [0.5, 0.6) is 0 Å².